The number of aromatic nitrogens is 2. The summed E-state index contributed by atoms with van der Waals surface area (Å²) in [6.45, 7) is 2.67. The molecule has 9 heteroatoms. The molecule has 1 aromatic heterocycles. The second-order valence-electron chi connectivity index (χ2n) is 5.22. The molecule has 0 amide bonds. The first-order valence-corrected chi connectivity index (χ1v) is 7.11. The van der Waals surface area contributed by atoms with E-state index in [0.717, 1.165) is 25.1 Å². The summed E-state index contributed by atoms with van der Waals surface area (Å²) in [4.78, 5) is 24.5. The van der Waals surface area contributed by atoms with Crippen LogP contribution in [0.1, 0.15) is 26.0 Å². The molecule has 0 radical (unpaired) electrons. The Labute approximate surface area is 124 Å². The number of hydrogen-bond acceptors (Lipinski definition) is 5. The van der Waals surface area contributed by atoms with Gasteiger partial charge in [0, 0.05) is 18.8 Å². The van der Waals surface area contributed by atoms with E-state index in [1.54, 1.807) is 0 Å². The Morgan fingerprint density at radius 3 is 2.86 bits per heavy atom. The summed E-state index contributed by atoms with van der Waals surface area (Å²) >= 11 is 0. The third kappa shape index (κ3) is 3.26. The molecule has 7 nitrogen and oxygen atoms in total. The molecule has 1 saturated heterocycles. The van der Waals surface area contributed by atoms with Gasteiger partial charge in [0.1, 0.15) is 12.2 Å². The Kier molecular flexibility index (Phi) is 5.09. The van der Waals surface area contributed by atoms with Crippen molar-refractivity contribution in [2.75, 3.05) is 13.1 Å². The number of halogens is 2. The van der Waals surface area contributed by atoms with Gasteiger partial charge in [0.15, 0.2) is 0 Å². The molecule has 0 aliphatic carbocycles. The van der Waals surface area contributed by atoms with Crippen LogP contribution in [-0.4, -0.2) is 45.9 Å². The highest BCUT2D eigenvalue weighted by atomic mass is 19.3. The van der Waals surface area contributed by atoms with Crippen LogP contribution in [0.15, 0.2) is 21.9 Å². The summed E-state index contributed by atoms with van der Waals surface area (Å²) in [5.41, 5.74) is -1.70. The van der Waals surface area contributed by atoms with Gasteiger partial charge < -0.3 is 15.2 Å². The van der Waals surface area contributed by atoms with E-state index in [4.69, 9.17) is 4.74 Å². The van der Waals surface area contributed by atoms with Gasteiger partial charge in [-0.3, -0.25) is 14.3 Å². The smallest absolute Gasteiger partial charge is 0.330 e. The molecule has 2 rings (SSSR count). The zero-order valence-electron chi connectivity index (χ0n) is 12.1. The van der Waals surface area contributed by atoms with Crippen LogP contribution in [0.3, 0.4) is 0 Å². The third-order valence-electron chi connectivity index (χ3n) is 3.54. The molecule has 3 N–H and O–H groups in total. The molecule has 124 valence electrons. The van der Waals surface area contributed by atoms with Crippen molar-refractivity contribution in [1.82, 2.24) is 14.9 Å². The first kappa shape index (κ1) is 16.8. The number of hydrogen-bond donors (Lipinski definition) is 3. The van der Waals surface area contributed by atoms with Crippen LogP contribution in [0.2, 0.25) is 0 Å². The number of H-pyrrole nitrogens is 1. The lowest BCUT2D eigenvalue weighted by Gasteiger charge is -2.20. The Balaban J connectivity index is 2.15. The summed E-state index contributed by atoms with van der Waals surface area (Å²) in [7, 11) is 0. The summed E-state index contributed by atoms with van der Waals surface area (Å²) in [6, 6.07) is 0.944. The van der Waals surface area contributed by atoms with Gasteiger partial charge in [0.2, 0.25) is 6.23 Å². The van der Waals surface area contributed by atoms with Crippen molar-refractivity contribution in [1.29, 1.82) is 0 Å². The lowest BCUT2D eigenvalue weighted by Crippen LogP contribution is -2.43. The van der Waals surface area contributed by atoms with Crippen molar-refractivity contribution in [3.05, 3.63) is 33.1 Å². The van der Waals surface area contributed by atoms with Gasteiger partial charge in [-0.2, -0.15) is 8.78 Å². The summed E-state index contributed by atoms with van der Waals surface area (Å²) in [5.74, 6) is -3.64. The second kappa shape index (κ2) is 6.67. The third-order valence-corrected chi connectivity index (χ3v) is 3.54. The van der Waals surface area contributed by atoms with E-state index in [2.05, 4.69) is 5.32 Å². The molecule has 1 aromatic rings. The van der Waals surface area contributed by atoms with Crippen LogP contribution in [0.25, 0.3) is 0 Å². The number of rotatable bonds is 6. The van der Waals surface area contributed by atoms with Gasteiger partial charge in [0.25, 0.3) is 5.56 Å². The van der Waals surface area contributed by atoms with Gasteiger partial charge in [-0.1, -0.05) is 13.3 Å². The predicted octanol–water partition coefficient (Wildman–Crippen LogP) is -0.180. The van der Waals surface area contributed by atoms with E-state index >= 15 is 0 Å². The molecular weight excluding hydrogens is 300 g/mol. The number of nitrogens with zero attached hydrogens (tertiary/aromatic N) is 1. The van der Waals surface area contributed by atoms with Gasteiger partial charge >= 0.3 is 11.6 Å². The molecule has 1 aliphatic rings. The normalized spacial score (nSPS) is 27.2. The highest BCUT2D eigenvalue weighted by Crippen LogP contribution is 2.41. The van der Waals surface area contributed by atoms with Gasteiger partial charge in [-0.05, 0) is 13.0 Å². The van der Waals surface area contributed by atoms with E-state index in [1.165, 1.54) is 0 Å². The Morgan fingerprint density at radius 2 is 2.23 bits per heavy atom. The highest BCUT2D eigenvalue weighted by molar-refractivity contribution is 4.98. The van der Waals surface area contributed by atoms with Crippen molar-refractivity contribution >= 4 is 0 Å². The SMILES string of the molecule is CCCCNC[C@H]1O[C@@H](n2ccc(=O)[nH]c2=O)C(F)(F)[C@@H]1O. The lowest BCUT2D eigenvalue weighted by atomic mass is 10.1. The zero-order chi connectivity index (χ0) is 16.3. The van der Waals surface area contributed by atoms with Crippen LogP contribution < -0.4 is 16.6 Å². The minimum Gasteiger partial charge on any atom is -0.384 e. The fourth-order valence-corrected chi connectivity index (χ4v) is 2.29. The molecule has 0 aromatic carbocycles. The average molecular weight is 319 g/mol. The first-order valence-electron chi connectivity index (χ1n) is 7.11. The molecule has 0 unspecified atom stereocenters. The fraction of sp³-hybridized carbons (Fsp3) is 0.692. The van der Waals surface area contributed by atoms with Gasteiger partial charge in [-0.25, -0.2) is 4.79 Å². The van der Waals surface area contributed by atoms with Gasteiger partial charge in [-0.15, -0.1) is 0 Å². The van der Waals surface area contributed by atoms with Crippen LogP contribution in [0.4, 0.5) is 8.78 Å². The molecule has 2 heterocycles. The van der Waals surface area contributed by atoms with Crippen molar-refractivity contribution in [2.24, 2.45) is 0 Å². The minimum atomic E-state index is -3.64. The van der Waals surface area contributed by atoms with Crippen molar-refractivity contribution in [3.63, 3.8) is 0 Å². The number of aromatic amines is 1. The van der Waals surface area contributed by atoms with E-state index in [1.807, 2.05) is 11.9 Å². The topological polar surface area (TPSA) is 96.4 Å². The zero-order valence-corrected chi connectivity index (χ0v) is 12.1. The average Bonchev–Trinajstić information content (AvgIpc) is 2.67. The number of ether oxygens (including phenoxy) is 1. The van der Waals surface area contributed by atoms with E-state index < -0.39 is 35.6 Å². The summed E-state index contributed by atoms with van der Waals surface area (Å²) < 4.78 is 34.0. The van der Waals surface area contributed by atoms with Crippen LogP contribution in [0.5, 0.6) is 0 Å². The van der Waals surface area contributed by atoms with E-state index in [9.17, 15) is 23.5 Å². The molecule has 1 fully saturated rings. The minimum absolute atomic E-state index is 0.0470. The van der Waals surface area contributed by atoms with Crippen molar-refractivity contribution in [3.8, 4) is 0 Å². The molecule has 22 heavy (non-hydrogen) atoms. The number of alkyl halides is 2. The number of aliphatic hydroxyl groups is 1. The van der Waals surface area contributed by atoms with Crippen LogP contribution in [-0.2, 0) is 4.74 Å². The summed E-state index contributed by atoms with van der Waals surface area (Å²) in [6.07, 6.45) is -2.38. The Morgan fingerprint density at radius 1 is 1.50 bits per heavy atom. The largest absolute Gasteiger partial charge is 0.384 e. The highest BCUT2D eigenvalue weighted by Gasteiger charge is 2.59. The van der Waals surface area contributed by atoms with Crippen molar-refractivity contribution < 1.29 is 18.6 Å². The molecule has 1 aliphatic heterocycles. The molecule has 0 bridgehead atoms. The number of unbranched alkanes of at least 4 members (excludes halogenated alkanes) is 1. The maximum atomic E-state index is 14.1. The van der Waals surface area contributed by atoms with Crippen LogP contribution >= 0.6 is 0 Å². The number of nitrogens with one attached hydrogen (secondary N) is 2. The Hall–Kier alpha value is -1.58. The van der Waals surface area contributed by atoms with Crippen molar-refractivity contribution in [2.45, 2.75) is 44.1 Å². The number of aliphatic hydroxyl groups excluding tert-OH is 1. The van der Waals surface area contributed by atoms with Crippen LogP contribution in [0, 0.1) is 0 Å². The quantitative estimate of drug-likeness (QED) is 0.632. The molecule has 0 spiro atoms. The molecular formula is C13H19F2N3O4. The van der Waals surface area contributed by atoms with Gasteiger partial charge in [0.05, 0.1) is 0 Å². The van der Waals surface area contributed by atoms with E-state index in [-0.39, 0.29) is 6.54 Å². The monoisotopic (exact) mass is 319 g/mol. The Bertz CT molecular complexity index is 616. The molecule has 3 atom stereocenters. The summed E-state index contributed by atoms with van der Waals surface area (Å²) in [5, 5.41) is 12.7. The fourth-order valence-electron chi connectivity index (χ4n) is 2.29. The second-order valence-corrected chi connectivity index (χ2v) is 5.22. The standard InChI is InChI=1S/C13H19F2N3O4/c1-2-3-5-16-7-8-10(20)13(14,15)11(22-8)18-6-4-9(19)17-12(18)21/h4,6,8,10-11,16,20H,2-3,5,7H2,1H3,(H,17,19,21)/t8-,10-,11-/m1/s1. The maximum Gasteiger partial charge on any atom is 0.330 e. The maximum absolute atomic E-state index is 14.1. The van der Waals surface area contributed by atoms with E-state index in [0.29, 0.717) is 11.1 Å². The lowest BCUT2D eigenvalue weighted by molar-refractivity contribution is -0.140. The first-order chi connectivity index (χ1) is 10.4. The molecule has 0 saturated carbocycles. The predicted molar refractivity (Wildman–Crippen MR) is 74.0 cm³/mol.